The van der Waals surface area contributed by atoms with Crippen LogP contribution in [0.25, 0.3) is 0 Å². The molecule has 4 nitrogen and oxygen atoms in total. The van der Waals surface area contributed by atoms with Crippen LogP contribution in [-0.2, 0) is 0 Å². The summed E-state index contributed by atoms with van der Waals surface area (Å²) in [5.41, 5.74) is 0.669. The van der Waals surface area contributed by atoms with Crippen molar-refractivity contribution in [3.05, 3.63) is 33.2 Å². The molecule has 0 fully saturated rings. The lowest BCUT2D eigenvalue weighted by Gasteiger charge is -2.14. The second kappa shape index (κ2) is 6.66. The minimum atomic E-state index is 0.370. The molecule has 6 heteroatoms. The van der Waals surface area contributed by atoms with Gasteiger partial charge in [-0.1, -0.05) is 17.8 Å². The van der Waals surface area contributed by atoms with E-state index in [1.165, 1.54) is 13.3 Å². The van der Waals surface area contributed by atoms with Crippen LogP contribution in [0.2, 0.25) is 0 Å². The number of hydrogen-bond acceptors (Lipinski definition) is 4. The first-order chi connectivity index (χ1) is 8.15. The lowest BCUT2D eigenvalue weighted by molar-refractivity contribution is 0.321. The van der Waals surface area contributed by atoms with Crippen molar-refractivity contribution >= 4 is 38.1 Å². The number of rotatable bonds is 5. The third kappa shape index (κ3) is 3.23. The van der Waals surface area contributed by atoms with Crippen molar-refractivity contribution < 1.29 is 14.7 Å². The van der Waals surface area contributed by atoms with Gasteiger partial charge in [0.15, 0.2) is 11.5 Å². The number of nitrogens with zero attached hydrogens (tertiary/aromatic N) is 1. The molecule has 1 aromatic rings. The maximum atomic E-state index is 8.56. The molecule has 0 amide bonds. The molecular formula is C11H11Br2NO3. The summed E-state index contributed by atoms with van der Waals surface area (Å²) < 4.78 is 12.1. The Hall–Kier alpha value is -1.01. The predicted octanol–water partition coefficient (Wildman–Crippen LogP) is 3.59. The Morgan fingerprint density at radius 1 is 1.47 bits per heavy atom. The molecule has 0 saturated heterocycles. The third-order valence-electron chi connectivity index (χ3n) is 1.92. The fourth-order valence-corrected chi connectivity index (χ4v) is 2.12. The number of halogens is 2. The quantitative estimate of drug-likeness (QED) is 0.376. The van der Waals surface area contributed by atoms with Crippen LogP contribution in [0.5, 0.6) is 11.5 Å². The summed E-state index contributed by atoms with van der Waals surface area (Å²) in [7, 11) is 1.54. The second-order valence-electron chi connectivity index (χ2n) is 2.97. The molecule has 0 saturated carbocycles. The van der Waals surface area contributed by atoms with E-state index in [4.69, 9.17) is 14.7 Å². The Kier molecular flexibility index (Phi) is 5.50. The molecule has 92 valence electrons. The van der Waals surface area contributed by atoms with E-state index < -0.39 is 0 Å². The number of methoxy groups -OCH3 is 1. The average molecular weight is 365 g/mol. The van der Waals surface area contributed by atoms with Gasteiger partial charge in [0.05, 0.1) is 17.8 Å². The Balaban J connectivity index is 3.29. The van der Waals surface area contributed by atoms with Crippen molar-refractivity contribution in [1.29, 1.82) is 0 Å². The highest BCUT2D eigenvalue weighted by Gasteiger charge is 2.16. The van der Waals surface area contributed by atoms with Gasteiger partial charge in [0, 0.05) is 10.0 Å². The van der Waals surface area contributed by atoms with Gasteiger partial charge in [-0.2, -0.15) is 0 Å². The van der Waals surface area contributed by atoms with E-state index in [1.807, 2.05) is 0 Å². The van der Waals surface area contributed by atoms with Gasteiger partial charge >= 0.3 is 0 Å². The lowest BCUT2D eigenvalue weighted by Crippen LogP contribution is -1.99. The molecule has 0 aliphatic rings. The van der Waals surface area contributed by atoms with E-state index in [1.54, 1.807) is 12.1 Å². The van der Waals surface area contributed by atoms with Crippen LogP contribution < -0.4 is 9.47 Å². The largest absolute Gasteiger partial charge is 0.493 e. The first-order valence-corrected chi connectivity index (χ1v) is 6.21. The molecule has 0 aliphatic heterocycles. The van der Waals surface area contributed by atoms with E-state index >= 15 is 0 Å². The summed E-state index contributed by atoms with van der Waals surface area (Å²) in [4.78, 5) is 0. The first kappa shape index (κ1) is 14.1. The van der Waals surface area contributed by atoms with Gasteiger partial charge in [0.25, 0.3) is 0 Å². The molecule has 0 atom stereocenters. The van der Waals surface area contributed by atoms with Crippen LogP contribution in [-0.4, -0.2) is 25.1 Å². The van der Waals surface area contributed by atoms with Gasteiger partial charge in [-0.15, -0.1) is 0 Å². The van der Waals surface area contributed by atoms with Gasteiger partial charge in [0.2, 0.25) is 0 Å². The van der Waals surface area contributed by atoms with Crippen molar-refractivity contribution in [3.63, 3.8) is 0 Å². The fourth-order valence-electron chi connectivity index (χ4n) is 1.19. The lowest BCUT2D eigenvalue weighted by atomic mass is 10.2. The summed E-state index contributed by atoms with van der Waals surface area (Å²) in [5.74, 6) is 1.10. The van der Waals surface area contributed by atoms with Gasteiger partial charge < -0.3 is 14.7 Å². The molecular weight excluding hydrogens is 354 g/mol. The van der Waals surface area contributed by atoms with E-state index in [9.17, 15) is 0 Å². The maximum Gasteiger partial charge on any atom is 0.176 e. The molecule has 1 rings (SSSR count). The number of oxime groups is 1. The minimum Gasteiger partial charge on any atom is -0.493 e. The molecule has 0 heterocycles. The molecule has 1 N–H and O–H groups in total. The predicted molar refractivity (Wildman–Crippen MR) is 73.5 cm³/mol. The van der Waals surface area contributed by atoms with Crippen LogP contribution in [0.3, 0.4) is 0 Å². The molecule has 0 aliphatic carbocycles. The zero-order valence-electron chi connectivity index (χ0n) is 9.11. The summed E-state index contributed by atoms with van der Waals surface area (Å²) in [6.07, 6.45) is 2.94. The zero-order valence-corrected chi connectivity index (χ0v) is 12.3. The molecule has 0 unspecified atom stereocenters. The highest BCUT2D eigenvalue weighted by Crippen LogP contribution is 2.42. The highest BCUT2D eigenvalue weighted by atomic mass is 79.9. The number of benzene rings is 1. The first-order valence-electron chi connectivity index (χ1n) is 4.62. The molecule has 0 radical (unpaired) electrons. The van der Waals surface area contributed by atoms with Gasteiger partial charge in [-0.05, 0) is 37.9 Å². The van der Waals surface area contributed by atoms with Gasteiger partial charge in [0.1, 0.15) is 6.61 Å². The Bertz CT molecular complexity index is 447. The van der Waals surface area contributed by atoms with Crippen LogP contribution in [0.1, 0.15) is 5.56 Å². The third-order valence-corrected chi connectivity index (χ3v) is 4.06. The van der Waals surface area contributed by atoms with Crippen LogP contribution >= 0.6 is 31.9 Å². The Morgan fingerprint density at radius 3 is 2.71 bits per heavy atom. The smallest absolute Gasteiger partial charge is 0.176 e. The van der Waals surface area contributed by atoms with Gasteiger partial charge in [-0.25, -0.2) is 0 Å². The number of ether oxygens (including phenoxy) is 2. The molecule has 0 aromatic heterocycles. The summed E-state index contributed by atoms with van der Waals surface area (Å²) in [6, 6.07) is 1.70. The average Bonchev–Trinajstić information content (AvgIpc) is 2.34. The van der Waals surface area contributed by atoms with Crippen molar-refractivity contribution in [1.82, 2.24) is 0 Å². The van der Waals surface area contributed by atoms with E-state index in [-0.39, 0.29) is 0 Å². The van der Waals surface area contributed by atoms with Crippen LogP contribution in [0.4, 0.5) is 0 Å². The highest BCUT2D eigenvalue weighted by molar-refractivity contribution is 9.13. The van der Waals surface area contributed by atoms with E-state index in [0.717, 1.165) is 4.47 Å². The van der Waals surface area contributed by atoms with E-state index in [0.29, 0.717) is 28.1 Å². The molecule has 0 bridgehead atoms. The van der Waals surface area contributed by atoms with Crippen molar-refractivity contribution in [3.8, 4) is 11.5 Å². The Labute approximate surface area is 116 Å². The van der Waals surface area contributed by atoms with Crippen LogP contribution in [0.15, 0.2) is 32.8 Å². The zero-order chi connectivity index (χ0) is 12.8. The Morgan fingerprint density at radius 2 is 2.18 bits per heavy atom. The van der Waals surface area contributed by atoms with E-state index in [2.05, 4.69) is 43.6 Å². The number of hydrogen-bond donors (Lipinski definition) is 1. The van der Waals surface area contributed by atoms with Crippen LogP contribution in [0, 0.1) is 0 Å². The molecule has 0 spiro atoms. The van der Waals surface area contributed by atoms with Gasteiger partial charge in [-0.3, -0.25) is 0 Å². The summed E-state index contributed by atoms with van der Waals surface area (Å²) in [5, 5.41) is 11.5. The normalized spacial score (nSPS) is 10.5. The SMILES string of the molecule is C=CCOc1c(OC)cc(/C=N/O)c(Br)c1Br. The monoisotopic (exact) mass is 363 g/mol. The fraction of sp³-hybridized carbons (Fsp3) is 0.182. The summed E-state index contributed by atoms with van der Waals surface area (Å²) in [6.45, 7) is 3.95. The molecule has 1 aromatic carbocycles. The topological polar surface area (TPSA) is 51.0 Å². The molecule has 17 heavy (non-hydrogen) atoms. The second-order valence-corrected chi connectivity index (χ2v) is 4.56. The van der Waals surface area contributed by atoms with Crippen molar-refractivity contribution in [2.45, 2.75) is 0 Å². The summed E-state index contributed by atoms with van der Waals surface area (Å²) >= 11 is 6.77. The van der Waals surface area contributed by atoms with Crippen molar-refractivity contribution in [2.24, 2.45) is 5.16 Å². The maximum absolute atomic E-state index is 8.56. The standard InChI is InChI=1S/C11H11Br2NO3/c1-3-4-17-11-8(16-2)5-7(6-14-15)9(12)10(11)13/h3,5-6,15H,1,4H2,2H3/b14-6+. The minimum absolute atomic E-state index is 0.370. The van der Waals surface area contributed by atoms with Crippen molar-refractivity contribution in [2.75, 3.05) is 13.7 Å².